The molecule has 1 spiro atoms. The molecule has 2 bridgehead atoms. The molecule has 4 fully saturated rings. The Kier molecular flexibility index (Phi) is 3.73. The van der Waals surface area contributed by atoms with Gasteiger partial charge in [0.1, 0.15) is 0 Å². The van der Waals surface area contributed by atoms with E-state index in [-0.39, 0.29) is 16.9 Å². The molecule has 6 nitrogen and oxygen atoms in total. The number of rotatable bonds is 5. The second kappa shape index (κ2) is 5.69. The van der Waals surface area contributed by atoms with Crippen molar-refractivity contribution in [2.45, 2.75) is 57.8 Å². The van der Waals surface area contributed by atoms with Crippen molar-refractivity contribution in [1.82, 2.24) is 20.4 Å². The van der Waals surface area contributed by atoms with Crippen molar-refractivity contribution in [3.05, 3.63) is 16.4 Å². The maximum atomic E-state index is 12.3. The molecule has 1 saturated carbocycles. The van der Waals surface area contributed by atoms with E-state index in [0.717, 1.165) is 68.3 Å². The molecule has 7 heteroatoms. The van der Waals surface area contributed by atoms with Gasteiger partial charge in [0, 0.05) is 43.4 Å². The van der Waals surface area contributed by atoms with E-state index < -0.39 is 0 Å². The molecule has 26 heavy (non-hydrogen) atoms. The van der Waals surface area contributed by atoms with Crippen LogP contribution in [0.1, 0.15) is 44.0 Å². The molecule has 3 saturated heterocycles. The largest absolute Gasteiger partial charge is 0.370 e. The van der Waals surface area contributed by atoms with E-state index >= 15 is 0 Å². The number of carbonyl (C=O) groups excluding carboxylic acids is 1. The van der Waals surface area contributed by atoms with Gasteiger partial charge in [-0.15, -0.1) is 0 Å². The summed E-state index contributed by atoms with van der Waals surface area (Å²) in [6, 6.07) is 0. The molecular formula is C19H27ClN4O2. The van der Waals surface area contributed by atoms with Crippen LogP contribution < -0.4 is 5.32 Å². The number of nitrogens with zero attached hydrogens (tertiary/aromatic N) is 2. The zero-order valence-electron chi connectivity index (χ0n) is 15.5. The molecule has 5 rings (SSSR count). The number of likely N-dealkylation sites (tertiary alicyclic amines) is 1. The Hall–Kier alpha value is -1.11. The maximum absolute atomic E-state index is 12.3. The van der Waals surface area contributed by atoms with Gasteiger partial charge in [-0.25, -0.2) is 0 Å². The number of hydrogen-bond acceptors (Lipinski definition) is 4. The third-order valence-electron chi connectivity index (χ3n) is 7.22. The second-order valence-corrected chi connectivity index (χ2v) is 9.46. The summed E-state index contributed by atoms with van der Waals surface area (Å²) in [4.78, 5) is 14.8. The Morgan fingerprint density at radius 1 is 1.46 bits per heavy atom. The second-order valence-electron chi connectivity index (χ2n) is 9.08. The molecule has 4 heterocycles. The van der Waals surface area contributed by atoms with Crippen LogP contribution in [0.3, 0.4) is 0 Å². The minimum Gasteiger partial charge on any atom is -0.370 e. The topological polar surface area (TPSA) is 70.2 Å². The van der Waals surface area contributed by atoms with Crippen LogP contribution in [0.25, 0.3) is 0 Å². The van der Waals surface area contributed by atoms with Crippen molar-refractivity contribution >= 4 is 17.5 Å². The normalized spacial score (nSPS) is 37.1. The van der Waals surface area contributed by atoms with Crippen LogP contribution in [0.15, 0.2) is 0 Å². The van der Waals surface area contributed by atoms with Crippen molar-refractivity contribution in [3.63, 3.8) is 0 Å². The number of nitrogens with one attached hydrogen (secondary N) is 2. The third kappa shape index (κ3) is 2.53. The van der Waals surface area contributed by atoms with Gasteiger partial charge in [-0.05, 0) is 32.6 Å². The molecule has 0 radical (unpaired) electrons. The van der Waals surface area contributed by atoms with E-state index in [0.29, 0.717) is 17.9 Å². The Morgan fingerprint density at radius 3 is 2.96 bits per heavy atom. The summed E-state index contributed by atoms with van der Waals surface area (Å²) >= 11 is 6.35. The Labute approximate surface area is 159 Å². The number of hydrogen-bond donors (Lipinski definition) is 2. The lowest BCUT2D eigenvalue weighted by molar-refractivity contribution is -0.126. The van der Waals surface area contributed by atoms with Gasteiger partial charge in [0.15, 0.2) is 0 Å². The van der Waals surface area contributed by atoms with Crippen LogP contribution in [0, 0.1) is 24.2 Å². The average molecular weight is 379 g/mol. The van der Waals surface area contributed by atoms with Crippen LogP contribution >= 0.6 is 11.6 Å². The van der Waals surface area contributed by atoms with Crippen LogP contribution in [-0.4, -0.2) is 52.3 Å². The van der Waals surface area contributed by atoms with Gasteiger partial charge in [-0.3, -0.25) is 14.8 Å². The summed E-state index contributed by atoms with van der Waals surface area (Å²) in [5, 5.41) is 11.3. The lowest BCUT2D eigenvalue weighted by Gasteiger charge is -2.30. The summed E-state index contributed by atoms with van der Waals surface area (Å²) in [6.07, 6.45) is 4.60. The highest BCUT2D eigenvalue weighted by atomic mass is 35.5. The predicted molar refractivity (Wildman–Crippen MR) is 97.8 cm³/mol. The summed E-state index contributed by atoms with van der Waals surface area (Å²) < 4.78 is 6.48. The molecular weight excluding hydrogens is 352 g/mol. The number of aromatic amines is 1. The zero-order valence-corrected chi connectivity index (χ0v) is 16.2. The first-order valence-corrected chi connectivity index (χ1v) is 10.2. The van der Waals surface area contributed by atoms with E-state index in [4.69, 9.17) is 16.3 Å². The van der Waals surface area contributed by atoms with Gasteiger partial charge in [-0.2, -0.15) is 5.10 Å². The Balaban J connectivity index is 1.26. The van der Waals surface area contributed by atoms with Crippen molar-refractivity contribution in [2.24, 2.45) is 17.3 Å². The molecule has 1 aromatic rings. The standard InChI is InChI=1S/C19H27ClN4O2/c1-11-16(20)14(23-22-11)9-24-8-13-12(7-21-17(25)18(2)5-6-18)15-3-4-19(13,10-24)26-15/h12-13,15H,3-10H2,1-2H3,(H,21,25)(H,22,23)/t12-,13+,15+,19+/m0/s1. The molecule has 1 aromatic heterocycles. The minimum atomic E-state index is -0.105. The van der Waals surface area contributed by atoms with Crippen molar-refractivity contribution in [1.29, 1.82) is 0 Å². The van der Waals surface area contributed by atoms with Gasteiger partial charge >= 0.3 is 0 Å². The van der Waals surface area contributed by atoms with Crippen molar-refractivity contribution < 1.29 is 9.53 Å². The molecule has 1 amide bonds. The molecule has 0 aromatic carbocycles. The smallest absolute Gasteiger partial charge is 0.225 e. The number of aryl methyl sites for hydroxylation is 1. The first kappa shape index (κ1) is 17.0. The first-order chi connectivity index (χ1) is 12.4. The Morgan fingerprint density at radius 2 is 2.27 bits per heavy atom. The van der Waals surface area contributed by atoms with Crippen molar-refractivity contribution in [3.8, 4) is 0 Å². The highest BCUT2D eigenvalue weighted by molar-refractivity contribution is 6.31. The molecule has 1 aliphatic carbocycles. The number of fused-ring (bicyclic) bond motifs is 1. The highest BCUT2D eigenvalue weighted by Gasteiger charge is 2.62. The number of amides is 1. The van der Waals surface area contributed by atoms with Gasteiger partial charge in [0.25, 0.3) is 0 Å². The van der Waals surface area contributed by atoms with Crippen LogP contribution in [0.5, 0.6) is 0 Å². The van der Waals surface area contributed by atoms with E-state index in [9.17, 15) is 4.79 Å². The van der Waals surface area contributed by atoms with Gasteiger partial charge in [0.2, 0.25) is 5.91 Å². The number of H-pyrrole nitrogens is 1. The summed E-state index contributed by atoms with van der Waals surface area (Å²) in [5.74, 6) is 1.15. The number of halogens is 1. The molecule has 2 N–H and O–H groups in total. The quantitative estimate of drug-likeness (QED) is 0.824. The monoisotopic (exact) mass is 378 g/mol. The lowest BCUT2D eigenvalue weighted by Crippen LogP contribution is -2.43. The number of aromatic nitrogens is 2. The summed E-state index contributed by atoms with van der Waals surface area (Å²) in [6.45, 7) is 7.46. The first-order valence-electron chi connectivity index (χ1n) is 9.78. The molecule has 0 unspecified atom stereocenters. The molecule has 3 aliphatic heterocycles. The van der Waals surface area contributed by atoms with Gasteiger partial charge in [0.05, 0.1) is 28.1 Å². The predicted octanol–water partition coefficient (Wildman–Crippen LogP) is 2.27. The fraction of sp³-hybridized carbons (Fsp3) is 0.789. The fourth-order valence-corrected chi connectivity index (χ4v) is 5.45. The minimum absolute atomic E-state index is 0.0264. The molecule has 142 valence electrons. The molecule has 4 atom stereocenters. The third-order valence-corrected chi connectivity index (χ3v) is 7.72. The summed E-state index contributed by atoms with van der Waals surface area (Å²) in [5.41, 5.74) is 1.71. The zero-order chi connectivity index (χ0) is 18.1. The van der Waals surface area contributed by atoms with Crippen LogP contribution in [0.4, 0.5) is 0 Å². The number of carbonyl (C=O) groups is 1. The van der Waals surface area contributed by atoms with E-state index in [2.05, 4.69) is 27.3 Å². The highest BCUT2D eigenvalue weighted by Crippen LogP contribution is 2.55. The van der Waals surface area contributed by atoms with E-state index in [1.54, 1.807) is 0 Å². The van der Waals surface area contributed by atoms with Gasteiger partial charge in [-0.1, -0.05) is 18.5 Å². The van der Waals surface area contributed by atoms with E-state index in [1.165, 1.54) is 0 Å². The van der Waals surface area contributed by atoms with Gasteiger partial charge < -0.3 is 10.1 Å². The molecule has 4 aliphatic rings. The lowest BCUT2D eigenvalue weighted by atomic mass is 9.73. The van der Waals surface area contributed by atoms with Crippen LogP contribution in [-0.2, 0) is 16.1 Å². The van der Waals surface area contributed by atoms with E-state index in [1.807, 2.05) is 6.92 Å². The average Bonchev–Trinajstić information content (AvgIpc) is 2.91. The Bertz CT molecular complexity index is 746. The SMILES string of the molecule is Cc1[nH]nc(CN2C[C@@H]3[C@H](CNC(=O)C4(C)CC4)[C@H]4CC[C@]3(C2)O4)c1Cl. The summed E-state index contributed by atoms with van der Waals surface area (Å²) in [7, 11) is 0. The fourth-order valence-electron chi connectivity index (χ4n) is 5.30. The van der Waals surface area contributed by atoms with Crippen LogP contribution in [0.2, 0.25) is 5.02 Å². The maximum Gasteiger partial charge on any atom is 0.225 e. The number of ether oxygens (including phenoxy) is 1. The van der Waals surface area contributed by atoms with Crippen molar-refractivity contribution in [2.75, 3.05) is 19.6 Å².